The van der Waals surface area contributed by atoms with Crippen molar-refractivity contribution in [3.63, 3.8) is 0 Å². The first kappa shape index (κ1) is 25.2. The van der Waals surface area contributed by atoms with E-state index in [0.717, 1.165) is 37.8 Å². The maximum atomic E-state index is 12.7. The van der Waals surface area contributed by atoms with Crippen LogP contribution in [0.2, 0.25) is 0 Å². The fraction of sp³-hybridized carbons (Fsp3) is 0.571. The van der Waals surface area contributed by atoms with Crippen LogP contribution in [0.4, 0.5) is 0 Å². The van der Waals surface area contributed by atoms with E-state index in [9.17, 15) is 9.59 Å². The van der Waals surface area contributed by atoms with Crippen molar-refractivity contribution in [3.8, 4) is 0 Å². The van der Waals surface area contributed by atoms with E-state index < -0.39 is 0 Å². The minimum absolute atomic E-state index is 0. The molecule has 3 N–H and O–H groups in total. The van der Waals surface area contributed by atoms with Crippen LogP contribution in [-0.2, 0) is 11.3 Å². The zero-order valence-electron chi connectivity index (χ0n) is 17.9. The van der Waals surface area contributed by atoms with Crippen LogP contribution in [0.3, 0.4) is 0 Å². The lowest BCUT2D eigenvalue weighted by atomic mass is 9.84. The molecule has 1 saturated carbocycles. The number of hydrogen-bond acceptors (Lipinski definition) is 3. The summed E-state index contributed by atoms with van der Waals surface area (Å²) in [7, 11) is 5.26. The summed E-state index contributed by atoms with van der Waals surface area (Å²) in [4.78, 5) is 30.9. The second-order valence-electron chi connectivity index (χ2n) is 7.52. The second-order valence-corrected chi connectivity index (χ2v) is 7.52. The van der Waals surface area contributed by atoms with Crippen molar-refractivity contribution in [1.29, 1.82) is 0 Å². The average molecular weight is 515 g/mol. The fourth-order valence-corrected chi connectivity index (χ4v) is 3.71. The van der Waals surface area contributed by atoms with Crippen LogP contribution < -0.4 is 16.0 Å². The molecule has 162 valence electrons. The van der Waals surface area contributed by atoms with E-state index in [1.54, 1.807) is 18.0 Å². The summed E-state index contributed by atoms with van der Waals surface area (Å²) < 4.78 is 0. The summed E-state index contributed by atoms with van der Waals surface area (Å²) >= 11 is 0. The molecule has 0 bridgehead atoms. The highest BCUT2D eigenvalue weighted by Gasteiger charge is 2.42. The molecule has 8 heteroatoms. The molecule has 0 aliphatic heterocycles. The molecule has 0 atom stereocenters. The van der Waals surface area contributed by atoms with Crippen LogP contribution in [0.5, 0.6) is 0 Å². The highest BCUT2D eigenvalue weighted by atomic mass is 127. The Bertz CT molecular complexity index is 715. The lowest BCUT2D eigenvalue weighted by molar-refractivity contribution is -0.138. The van der Waals surface area contributed by atoms with Crippen molar-refractivity contribution < 1.29 is 9.59 Å². The monoisotopic (exact) mass is 515 g/mol. The molecule has 1 aliphatic rings. The van der Waals surface area contributed by atoms with Gasteiger partial charge in [-0.1, -0.05) is 25.0 Å². The van der Waals surface area contributed by atoms with Crippen LogP contribution in [0.1, 0.15) is 48.5 Å². The second kappa shape index (κ2) is 12.0. The zero-order valence-corrected chi connectivity index (χ0v) is 20.2. The van der Waals surface area contributed by atoms with E-state index in [-0.39, 0.29) is 41.2 Å². The quantitative estimate of drug-likeness (QED) is 0.296. The van der Waals surface area contributed by atoms with Crippen LogP contribution >= 0.6 is 24.0 Å². The third-order valence-electron chi connectivity index (χ3n) is 5.19. The van der Waals surface area contributed by atoms with E-state index in [1.807, 2.05) is 39.2 Å². The van der Waals surface area contributed by atoms with Gasteiger partial charge in [-0.15, -0.1) is 24.0 Å². The SMILES string of the molecule is CCNC(=NCc1cccc(C(=O)NC)c1)NCC1(C(=O)N(C)C)CCCC1.I. The third kappa shape index (κ3) is 6.87. The van der Waals surface area contributed by atoms with E-state index in [1.165, 1.54) is 0 Å². The Morgan fingerprint density at radius 2 is 1.86 bits per heavy atom. The number of rotatable bonds is 7. The molecule has 0 aromatic heterocycles. The van der Waals surface area contributed by atoms with E-state index in [4.69, 9.17) is 0 Å². The van der Waals surface area contributed by atoms with Gasteiger partial charge >= 0.3 is 0 Å². The van der Waals surface area contributed by atoms with Crippen LogP contribution in [0.25, 0.3) is 0 Å². The molecule has 1 fully saturated rings. The Labute approximate surface area is 191 Å². The number of guanidine groups is 1. The van der Waals surface area contributed by atoms with Gasteiger partial charge in [0, 0.05) is 39.8 Å². The van der Waals surface area contributed by atoms with Gasteiger partial charge in [0.25, 0.3) is 5.91 Å². The highest BCUT2D eigenvalue weighted by Crippen LogP contribution is 2.38. The number of carbonyl (C=O) groups is 2. The smallest absolute Gasteiger partial charge is 0.251 e. The largest absolute Gasteiger partial charge is 0.357 e. The lowest BCUT2D eigenvalue weighted by Gasteiger charge is -2.31. The molecule has 1 aliphatic carbocycles. The number of hydrogen-bond donors (Lipinski definition) is 3. The number of nitrogens with one attached hydrogen (secondary N) is 3. The maximum Gasteiger partial charge on any atom is 0.251 e. The van der Waals surface area contributed by atoms with E-state index in [2.05, 4.69) is 20.9 Å². The van der Waals surface area contributed by atoms with Gasteiger partial charge in [-0.05, 0) is 37.5 Å². The van der Waals surface area contributed by atoms with Gasteiger partial charge in [-0.25, -0.2) is 4.99 Å². The zero-order chi connectivity index (χ0) is 20.6. The lowest BCUT2D eigenvalue weighted by Crippen LogP contribution is -2.49. The molecule has 2 amide bonds. The van der Waals surface area contributed by atoms with E-state index >= 15 is 0 Å². The van der Waals surface area contributed by atoms with E-state index in [0.29, 0.717) is 24.6 Å². The molecule has 0 spiro atoms. The van der Waals surface area contributed by atoms with Crippen LogP contribution in [0.15, 0.2) is 29.3 Å². The summed E-state index contributed by atoms with van der Waals surface area (Å²) in [5, 5.41) is 9.25. The Kier molecular flexibility index (Phi) is 10.4. The van der Waals surface area contributed by atoms with Gasteiger partial charge in [0.1, 0.15) is 0 Å². The van der Waals surface area contributed by atoms with Gasteiger partial charge in [0.2, 0.25) is 5.91 Å². The first-order chi connectivity index (χ1) is 13.4. The highest BCUT2D eigenvalue weighted by molar-refractivity contribution is 14.0. The number of halogens is 1. The normalized spacial score (nSPS) is 15.2. The molecule has 29 heavy (non-hydrogen) atoms. The third-order valence-corrected chi connectivity index (χ3v) is 5.19. The van der Waals surface area contributed by atoms with Crippen molar-refractivity contribution in [2.24, 2.45) is 10.4 Å². The Morgan fingerprint density at radius 3 is 2.45 bits per heavy atom. The van der Waals surface area contributed by atoms with Crippen LogP contribution in [-0.4, -0.2) is 56.9 Å². The average Bonchev–Trinajstić information content (AvgIpc) is 3.19. The minimum Gasteiger partial charge on any atom is -0.357 e. The van der Waals surface area contributed by atoms with Gasteiger partial charge in [0.05, 0.1) is 12.0 Å². The molecule has 0 unspecified atom stereocenters. The molecular formula is C21H34IN5O2. The Morgan fingerprint density at radius 1 is 1.17 bits per heavy atom. The van der Waals surface area contributed by atoms with Crippen molar-refractivity contribution in [2.75, 3.05) is 34.2 Å². The van der Waals surface area contributed by atoms with Gasteiger partial charge in [0.15, 0.2) is 5.96 Å². The molecular weight excluding hydrogens is 481 g/mol. The molecule has 0 saturated heterocycles. The number of carbonyl (C=O) groups excluding carboxylic acids is 2. The number of amides is 2. The Hall–Kier alpha value is -1.84. The van der Waals surface area contributed by atoms with Gasteiger partial charge in [-0.2, -0.15) is 0 Å². The number of benzene rings is 1. The van der Waals surface area contributed by atoms with Crippen LogP contribution in [0, 0.1) is 5.41 Å². The van der Waals surface area contributed by atoms with Crippen molar-refractivity contribution >= 4 is 41.8 Å². The minimum atomic E-state index is -0.348. The van der Waals surface area contributed by atoms with Crippen molar-refractivity contribution in [3.05, 3.63) is 35.4 Å². The number of nitrogens with zero attached hydrogens (tertiary/aromatic N) is 2. The standard InChI is InChI=1S/C21H33N5O2.HI/c1-5-23-20(24-14-16-9-8-10-17(13-16)18(27)22-2)25-15-21(11-6-7-12-21)19(28)26(3)4;/h8-10,13H,5-7,11-12,14-15H2,1-4H3,(H,22,27)(H2,23,24,25);1H. The molecule has 0 radical (unpaired) electrons. The topological polar surface area (TPSA) is 85.8 Å². The predicted octanol–water partition coefficient (Wildman–Crippen LogP) is 2.37. The van der Waals surface area contributed by atoms with Crippen molar-refractivity contribution in [1.82, 2.24) is 20.9 Å². The summed E-state index contributed by atoms with van der Waals surface area (Å²) in [6, 6.07) is 7.44. The predicted molar refractivity (Wildman–Crippen MR) is 128 cm³/mol. The fourth-order valence-electron chi connectivity index (χ4n) is 3.71. The first-order valence-corrected chi connectivity index (χ1v) is 9.97. The molecule has 0 heterocycles. The summed E-state index contributed by atoms with van der Waals surface area (Å²) in [6.07, 6.45) is 3.98. The summed E-state index contributed by atoms with van der Waals surface area (Å²) in [6.45, 7) is 3.78. The molecule has 1 aromatic rings. The maximum absolute atomic E-state index is 12.7. The number of aliphatic imine (C=N–C) groups is 1. The van der Waals surface area contributed by atoms with Crippen molar-refractivity contribution in [2.45, 2.75) is 39.2 Å². The molecule has 1 aromatic carbocycles. The van der Waals surface area contributed by atoms with Gasteiger partial charge < -0.3 is 20.9 Å². The Balaban J connectivity index is 0.00000420. The molecule has 2 rings (SSSR count). The summed E-state index contributed by atoms with van der Waals surface area (Å²) in [5.41, 5.74) is 1.23. The molecule has 7 nitrogen and oxygen atoms in total. The van der Waals surface area contributed by atoms with Gasteiger partial charge in [-0.3, -0.25) is 9.59 Å². The summed E-state index contributed by atoms with van der Waals surface area (Å²) in [5.74, 6) is 0.763. The first-order valence-electron chi connectivity index (χ1n) is 9.97.